The molecule has 0 bridgehead atoms. The van der Waals surface area contributed by atoms with Crippen LogP contribution in [0, 0.1) is 0 Å². The molecular weight excluding hydrogens is 454 g/mol. The fourth-order valence-corrected chi connectivity index (χ4v) is 4.04. The second kappa shape index (κ2) is 6.80. The molecule has 7 heteroatoms. The van der Waals surface area contributed by atoms with Crippen molar-refractivity contribution < 1.29 is 4.79 Å². The van der Waals surface area contributed by atoms with E-state index < -0.39 is 0 Å². The van der Waals surface area contributed by atoms with Gasteiger partial charge in [-0.3, -0.25) is 9.78 Å². The van der Waals surface area contributed by atoms with Crippen molar-refractivity contribution in [1.82, 2.24) is 4.98 Å². The summed E-state index contributed by atoms with van der Waals surface area (Å²) in [7, 11) is 0. The summed E-state index contributed by atoms with van der Waals surface area (Å²) in [4.78, 5) is 16.3. The predicted octanol–water partition coefficient (Wildman–Crippen LogP) is 4.08. The maximum absolute atomic E-state index is 12.2. The normalized spacial score (nSPS) is 10.4. The van der Waals surface area contributed by atoms with Gasteiger partial charge in [0.1, 0.15) is 0 Å². The Bertz CT molecular complexity index is 638. The number of pyridine rings is 1. The number of benzene rings is 1. The molecule has 0 aliphatic heterocycles. The Labute approximate surface area is 141 Å². The molecule has 0 saturated heterocycles. The van der Waals surface area contributed by atoms with Crippen molar-refractivity contribution in [1.29, 1.82) is 0 Å². The Morgan fingerprint density at radius 3 is 2.45 bits per heavy atom. The zero-order chi connectivity index (χ0) is 14.7. The van der Waals surface area contributed by atoms with Crippen LogP contribution in [0.4, 0.5) is 5.69 Å². The molecule has 1 aromatic carbocycles. The number of nitrogens with one attached hydrogen (secondary N) is 1. The zero-order valence-corrected chi connectivity index (χ0v) is 14.9. The number of hydrogen-bond acceptors (Lipinski definition) is 3. The van der Waals surface area contributed by atoms with Crippen LogP contribution in [0.25, 0.3) is 0 Å². The van der Waals surface area contributed by atoms with Crippen LogP contribution in [0.15, 0.2) is 43.9 Å². The van der Waals surface area contributed by atoms with Gasteiger partial charge in [-0.2, -0.15) is 0 Å². The van der Waals surface area contributed by atoms with Gasteiger partial charge in [-0.15, -0.1) is 0 Å². The lowest BCUT2D eigenvalue weighted by Crippen LogP contribution is -2.14. The molecule has 1 heterocycles. The molecule has 0 saturated carbocycles. The average molecular weight is 464 g/mol. The van der Waals surface area contributed by atoms with Crippen molar-refractivity contribution in [3.63, 3.8) is 0 Å². The number of carbonyl (C=O) groups excluding carboxylic acids is 1. The highest BCUT2D eigenvalue weighted by Gasteiger charge is 2.12. The average Bonchev–Trinajstić information content (AvgIpc) is 2.42. The summed E-state index contributed by atoms with van der Waals surface area (Å²) >= 11 is 10.2. The largest absolute Gasteiger partial charge is 0.325 e. The number of anilines is 1. The number of amides is 1. The van der Waals surface area contributed by atoms with Crippen LogP contribution in [-0.2, 0) is 6.54 Å². The van der Waals surface area contributed by atoms with E-state index in [-0.39, 0.29) is 5.91 Å². The quantitative estimate of drug-likeness (QED) is 0.720. The fourth-order valence-electron chi connectivity index (χ4n) is 1.58. The second-order valence-electron chi connectivity index (χ2n) is 3.94. The molecule has 0 atom stereocenters. The van der Waals surface area contributed by atoms with Crippen LogP contribution in [0.5, 0.6) is 0 Å². The lowest BCUT2D eigenvalue weighted by Gasteiger charge is -2.10. The van der Waals surface area contributed by atoms with Gasteiger partial charge in [0.05, 0.1) is 11.4 Å². The van der Waals surface area contributed by atoms with Crippen molar-refractivity contribution in [2.24, 2.45) is 5.73 Å². The third-order valence-electron chi connectivity index (χ3n) is 2.53. The molecule has 2 rings (SSSR count). The van der Waals surface area contributed by atoms with E-state index in [2.05, 4.69) is 58.1 Å². The van der Waals surface area contributed by atoms with E-state index in [9.17, 15) is 4.79 Å². The van der Waals surface area contributed by atoms with Gasteiger partial charge in [-0.25, -0.2) is 0 Å². The van der Waals surface area contributed by atoms with Gasteiger partial charge in [-0.1, -0.05) is 15.9 Å². The van der Waals surface area contributed by atoms with Crippen LogP contribution >= 0.6 is 47.8 Å². The molecular formula is C13H10Br3N3O. The molecule has 0 unspecified atom stereocenters. The molecule has 3 N–H and O–H groups in total. The van der Waals surface area contributed by atoms with E-state index in [1.54, 1.807) is 18.3 Å². The summed E-state index contributed by atoms with van der Waals surface area (Å²) in [6.07, 6.45) is 1.57. The first-order valence-electron chi connectivity index (χ1n) is 5.62. The van der Waals surface area contributed by atoms with E-state index in [1.807, 2.05) is 12.1 Å². The zero-order valence-electron chi connectivity index (χ0n) is 10.2. The Balaban J connectivity index is 2.28. The first-order valence-corrected chi connectivity index (χ1v) is 8.00. The number of halogens is 3. The maximum atomic E-state index is 12.2. The van der Waals surface area contributed by atoms with Crippen molar-refractivity contribution in [2.45, 2.75) is 6.54 Å². The van der Waals surface area contributed by atoms with E-state index >= 15 is 0 Å². The molecule has 0 radical (unpaired) electrons. The van der Waals surface area contributed by atoms with Crippen molar-refractivity contribution in [2.75, 3.05) is 5.32 Å². The Morgan fingerprint density at radius 2 is 1.85 bits per heavy atom. The topological polar surface area (TPSA) is 68.0 Å². The van der Waals surface area contributed by atoms with Crippen LogP contribution < -0.4 is 11.1 Å². The number of nitrogens with zero attached hydrogens (tertiary/aromatic N) is 1. The van der Waals surface area contributed by atoms with Gasteiger partial charge in [-0.05, 0) is 56.1 Å². The maximum Gasteiger partial charge on any atom is 0.255 e. The first-order chi connectivity index (χ1) is 9.51. The molecule has 2 aromatic rings. The molecule has 104 valence electrons. The standard InChI is InChI=1S/C13H10Br3N3O/c14-8-4-10(15)12(11(16)5-8)19-13(20)7-1-2-18-9(3-7)6-17/h1-5H,6,17H2,(H,19,20). The minimum absolute atomic E-state index is 0.217. The molecule has 20 heavy (non-hydrogen) atoms. The highest BCUT2D eigenvalue weighted by molar-refractivity contribution is 9.11. The third-order valence-corrected chi connectivity index (χ3v) is 4.24. The minimum Gasteiger partial charge on any atom is -0.325 e. The Hall–Kier alpha value is -0.760. The van der Waals surface area contributed by atoms with E-state index in [1.165, 1.54) is 0 Å². The minimum atomic E-state index is -0.217. The molecule has 1 amide bonds. The number of hydrogen-bond donors (Lipinski definition) is 2. The predicted molar refractivity (Wildman–Crippen MR) is 89.6 cm³/mol. The van der Waals surface area contributed by atoms with Gasteiger partial charge >= 0.3 is 0 Å². The van der Waals surface area contributed by atoms with E-state index in [0.29, 0.717) is 23.5 Å². The molecule has 4 nitrogen and oxygen atoms in total. The van der Waals surface area contributed by atoms with Crippen LogP contribution in [0.1, 0.15) is 16.1 Å². The number of nitrogens with two attached hydrogens (primary N) is 1. The summed E-state index contributed by atoms with van der Waals surface area (Å²) < 4.78 is 2.46. The lowest BCUT2D eigenvalue weighted by atomic mass is 10.2. The Morgan fingerprint density at radius 1 is 1.20 bits per heavy atom. The Kier molecular flexibility index (Phi) is 5.31. The number of carbonyl (C=O) groups is 1. The smallest absolute Gasteiger partial charge is 0.255 e. The summed E-state index contributed by atoms with van der Waals surface area (Å²) in [6.45, 7) is 0.298. The molecule has 0 aliphatic rings. The highest BCUT2D eigenvalue weighted by Crippen LogP contribution is 2.34. The molecule has 0 spiro atoms. The summed E-state index contributed by atoms with van der Waals surface area (Å²) in [5.41, 5.74) is 7.38. The SMILES string of the molecule is NCc1cc(C(=O)Nc2c(Br)cc(Br)cc2Br)ccn1. The summed E-state index contributed by atoms with van der Waals surface area (Å²) in [5.74, 6) is -0.217. The van der Waals surface area contributed by atoms with Crippen molar-refractivity contribution >= 4 is 59.4 Å². The summed E-state index contributed by atoms with van der Waals surface area (Å²) in [5, 5.41) is 2.85. The van der Waals surface area contributed by atoms with E-state index in [4.69, 9.17) is 5.73 Å². The third kappa shape index (κ3) is 3.66. The number of aromatic nitrogens is 1. The monoisotopic (exact) mass is 461 g/mol. The van der Waals surface area contributed by atoms with E-state index in [0.717, 1.165) is 13.4 Å². The van der Waals surface area contributed by atoms with Gasteiger partial charge in [0.15, 0.2) is 0 Å². The van der Waals surface area contributed by atoms with Crippen LogP contribution in [0.3, 0.4) is 0 Å². The van der Waals surface area contributed by atoms with Crippen molar-refractivity contribution in [3.8, 4) is 0 Å². The lowest BCUT2D eigenvalue weighted by molar-refractivity contribution is 0.102. The second-order valence-corrected chi connectivity index (χ2v) is 6.56. The number of rotatable bonds is 3. The van der Waals surface area contributed by atoms with Crippen molar-refractivity contribution in [3.05, 3.63) is 55.1 Å². The van der Waals surface area contributed by atoms with Gasteiger partial charge < -0.3 is 11.1 Å². The van der Waals surface area contributed by atoms with Gasteiger partial charge in [0.25, 0.3) is 5.91 Å². The summed E-state index contributed by atoms with van der Waals surface area (Å²) in [6, 6.07) is 7.04. The highest BCUT2D eigenvalue weighted by atomic mass is 79.9. The van der Waals surface area contributed by atoms with Crippen LogP contribution in [-0.4, -0.2) is 10.9 Å². The molecule has 0 aliphatic carbocycles. The fraction of sp³-hybridized carbons (Fsp3) is 0.0769. The molecule has 0 fully saturated rings. The first kappa shape index (κ1) is 15.6. The van der Waals surface area contributed by atoms with Gasteiger partial charge in [0.2, 0.25) is 0 Å². The van der Waals surface area contributed by atoms with Gasteiger partial charge in [0, 0.05) is 31.7 Å². The molecule has 1 aromatic heterocycles. The van der Waals surface area contributed by atoms with Crippen LogP contribution in [0.2, 0.25) is 0 Å².